The quantitative estimate of drug-likeness (QED) is 0.778. The number of halogens is 2. The van der Waals surface area contributed by atoms with E-state index in [0.717, 1.165) is 12.8 Å². The lowest BCUT2D eigenvalue weighted by Gasteiger charge is -2.34. The average molecular weight is 321 g/mol. The Morgan fingerprint density at radius 3 is 2.76 bits per heavy atom. The molecule has 1 amide bonds. The number of alkyl halides is 1. The van der Waals surface area contributed by atoms with E-state index in [2.05, 4.69) is 15.9 Å². The van der Waals surface area contributed by atoms with Gasteiger partial charge in [-0.05, 0) is 36.6 Å². The molecule has 5 heteroatoms. The molecule has 2 unspecified atom stereocenters. The first-order valence-electron chi connectivity index (χ1n) is 5.76. The van der Waals surface area contributed by atoms with Crippen molar-refractivity contribution in [3.8, 4) is 0 Å². The number of carbonyl (C=O) groups is 1. The van der Waals surface area contributed by atoms with Gasteiger partial charge in [-0.15, -0.1) is 0 Å². The number of furan rings is 1. The van der Waals surface area contributed by atoms with Crippen molar-refractivity contribution in [2.45, 2.75) is 36.6 Å². The van der Waals surface area contributed by atoms with E-state index in [1.807, 2.05) is 7.05 Å². The third kappa shape index (κ3) is 2.86. The van der Waals surface area contributed by atoms with Crippen LogP contribution in [0.1, 0.15) is 36.2 Å². The molecule has 94 valence electrons. The van der Waals surface area contributed by atoms with E-state index in [0.29, 0.717) is 10.6 Å². The molecule has 2 atom stereocenters. The van der Waals surface area contributed by atoms with Crippen molar-refractivity contribution in [2.24, 2.45) is 0 Å². The Morgan fingerprint density at radius 2 is 2.18 bits per heavy atom. The normalized spacial score (nSPS) is 24.6. The van der Waals surface area contributed by atoms with Crippen LogP contribution < -0.4 is 0 Å². The van der Waals surface area contributed by atoms with Crippen molar-refractivity contribution in [3.05, 3.63) is 23.1 Å². The second-order valence-corrected chi connectivity index (χ2v) is 5.94. The summed E-state index contributed by atoms with van der Waals surface area (Å²) in [5.74, 6) is 0.205. The van der Waals surface area contributed by atoms with Crippen LogP contribution in [-0.2, 0) is 0 Å². The molecule has 1 fully saturated rings. The predicted octanol–water partition coefficient (Wildman–Crippen LogP) is 3.71. The minimum atomic E-state index is -0.103. The molecule has 0 aromatic carbocycles. The predicted molar refractivity (Wildman–Crippen MR) is 70.8 cm³/mol. The Hall–Kier alpha value is -0.480. The van der Waals surface area contributed by atoms with Gasteiger partial charge in [-0.3, -0.25) is 4.79 Å². The third-order valence-corrected chi connectivity index (χ3v) is 4.52. The summed E-state index contributed by atoms with van der Waals surface area (Å²) in [6, 6.07) is 3.45. The number of carbonyl (C=O) groups excluding carboxylic acids is 1. The SMILES string of the molecule is CN(C(=O)c1ccc(Cl)o1)C1CCCCC1Br. The van der Waals surface area contributed by atoms with Gasteiger partial charge in [-0.1, -0.05) is 28.8 Å². The van der Waals surface area contributed by atoms with E-state index in [9.17, 15) is 4.79 Å². The summed E-state index contributed by atoms with van der Waals surface area (Å²) in [5.41, 5.74) is 0. The molecule has 0 radical (unpaired) electrons. The number of rotatable bonds is 2. The maximum atomic E-state index is 12.2. The highest BCUT2D eigenvalue weighted by atomic mass is 79.9. The summed E-state index contributed by atoms with van der Waals surface area (Å²) < 4.78 is 5.15. The molecule has 0 N–H and O–H groups in total. The fourth-order valence-corrected chi connectivity index (χ4v) is 3.34. The van der Waals surface area contributed by atoms with Crippen LogP contribution in [0.25, 0.3) is 0 Å². The molecule has 1 saturated carbocycles. The third-order valence-electron chi connectivity index (χ3n) is 3.25. The Morgan fingerprint density at radius 1 is 1.47 bits per heavy atom. The molecule has 17 heavy (non-hydrogen) atoms. The highest BCUT2D eigenvalue weighted by Gasteiger charge is 2.30. The van der Waals surface area contributed by atoms with Crippen molar-refractivity contribution < 1.29 is 9.21 Å². The molecule has 1 aromatic heterocycles. The van der Waals surface area contributed by atoms with Crippen molar-refractivity contribution >= 4 is 33.4 Å². The summed E-state index contributed by atoms with van der Waals surface area (Å²) >= 11 is 9.33. The van der Waals surface area contributed by atoms with Gasteiger partial charge >= 0.3 is 0 Å². The first kappa shape index (κ1) is 13.0. The van der Waals surface area contributed by atoms with Gasteiger partial charge in [0.05, 0.1) is 0 Å². The van der Waals surface area contributed by atoms with Gasteiger partial charge in [-0.2, -0.15) is 0 Å². The maximum Gasteiger partial charge on any atom is 0.289 e. The van der Waals surface area contributed by atoms with E-state index in [1.54, 1.807) is 17.0 Å². The van der Waals surface area contributed by atoms with Gasteiger partial charge in [0.15, 0.2) is 11.0 Å². The fourth-order valence-electron chi connectivity index (χ4n) is 2.26. The molecule has 1 aliphatic rings. The van der Waals surface area contributed by atoms with Crippen LogP contribution in [-0.4, -0.2) is 28.7 Å². The van der Waals surface area contributed by atoms with Crippen LogP contribution in [0.2, 0.25) is 5.22 Å². The summed E-state index contributed by atoms with van der Waals surface area (Å²) in [5, 5.41) is 0.251. The molecular formula is C12H15BrClNO2. The highest BCUT2D eigenvalue weighted by Crippen LogP contribution is 2.29. The highest BCUT2D eigenvalue weighted by molar-refractivity contribution is 9.09. The Kier molecular flexibility index (Phi) is 4.15. The lowest BCUT2D eigenvalue weighted by Crippen LogP contribution is -2.43. The second kappa shape index (κ2) is 5.44. The average Bonchev–Trinajstić information content (AvgIpc) is 2.75. The van der Waals surface area contributed by atoms with Gasteiger partial charge in [-0.25, -0.2) is 0 Å². The standard InChI is InChI=1S/C12H15BrClNO2/c1-15(9-5-3-2-4-8(9)13)12(16)10-6-7-11(14)17-10/h6-9H,2-5H2,1H3. The molecule has 1 heterocycles. The summed E-state index contributed by atoms with van der Waals surface area (Å²) in [4.78, 5) is 14.3. The fraction of sp³-hybridized carbons (Fsp3) is 0.583. The van der Waals surface area contributed by atoms with Gasteiger partial charge in [0.1, 0.15) is 0 Å². The zero-order chi connectivity index (χ0) is 12.4. The van der Waals surface area contributed by atoms with E-state index in [-0.39, 0.29) is 17.2 Å². The molecule has 0 spiro atoms. The van der Waals surface area contributed by atoms with Gasteiger partial charge in [0.25, 0.3) is 5.91 Å². The van der Waals surface area contributed by atoms with Crippen molar-refractivity contribution in [1.82, 2.24) is 4.90 Å². The molecule has 1 aliphatic carbocycles. The number of amides is 1. The lowest BCUT2D eigenvalue weighted by atomic mass is 9.94. The van der Waals surface area contributed by atoms with E-state index in [1.165, 1.54) is 12.8 Å². The van der Waals surface area contributed by atoms with E-state index < -0.39 is 0 Å². The smallest absolute Gasteiger partial charge is 0.289 e. The molecule has 3 nitrogen and oxygen atoms in total. The number of nitrogens with zero attached hydrogens (tertiary/aromatic N) is 1. The zero-order valence-electron chi connectivity index (χ0n) is 9.66. The van der Waals surface area contributed by atoms with Gasteiger partial charge < -0.3 is 9.32 Å². The van der Waals surface area contributed by atoms with Crippen LogP contribution in [0, 0.1) is 0 Å². The topological polar surface area (TPSA) is 33.5 Å². The first-order valence-corrected chi connectivity index (χ1v) is 7.05. The van der Waals surface area contributed by atoms with Crippen molar-refractivity contribution in [2.75, 3.05) is 7.05 Å². The minimum absolute atomic E-state index is 0.103. The first-order chi connectivity index (χ1) is 8.09. The largest absolute Gasteiger partial charge is 0.440 e. The molecule has 0 aliphatic heterocycles. The zero-order valence-corrected chi connectivity index (χ0v) is 12.0. The van der Waals surface area contributed by atoms with Crippen molar-refractivity contribution in [1.29, 1.82) is 0 Å². The molecular weight excluding hydrogens is 305 g/mol. The lowest BCUT2D eigenvalue weighted by molar-refractivity contribution is 0.0673. The van der Waals surface area contributed by atoms with Crippen LogP contribution >= 0.6 is 27.5 Å². The number of hydrogen-bond donors (Lipinski definition) is 0. The Balaban J connectivity index is 2.08. The summed E-state index contributed by atoms with van der Waals surface area (Å²) in [6.45, 7) is 0. The molecule has 1 aromatic rings. The van der Waals surface area contributed by atoms with Crippen LogP contribution in [0.4, 0.5) is 0 Å². The monoisotopic (exact) mass is 319 g/mol. The van der Waals surface area contributed by atoms with Crippen LogP contribution in [0.3, 0.4) is 0 Å². The van der Waals surface area contributed by atoms with Gasteiger partial charge in [0, 0.05) is 17.9 Å². The Bertz CT molecular complexity index is 407. The number of hydrogen-bond acceptors (Lipinski definition) is 2. The van der Waals surface area contributed by atoms with E-state index in [4.69, 9.17) is 16.0 Å². The van der Waals surface area contributed by atoms with Crippen LogP contribution in [0.5, 0.6) is 0 Å². The Labute approximate surface area is 114 Å². The summed E-state index contributed by atoms with van der Waals surface area (Å²) in [7, 11) is 1.82. The van der Waals surface area contributed by atoms with E-state index >= 15 is 0 Å². The molecule has 0 bridgehead atoms. The van der Waals surface area contributed by atoms with Crippen LogP contribution in [0.15, 0.2) is 16.5 Å². The second-order valence-electron chi connectivity index (χ2n) is 4.39. The minimum Gasteiger partial charge on any atom is -0.440 e. The molecule has 0 saturated heterocycles. The summed E-state index contributed by atoms with van der Waals surface area (Å²) in [6.07, 6.45) is 4.54. The van der Waals surface area contributed by atoms with Crippen molar-refractivity contribution in [3.63, 3.8) is 0 Å². The maximum absolute atomic E-state index is 12.2. The van der Waals surface area contributed by atoms with Gasteiger partial charge in [0.2, 0.25) is 0 Å². The molecule has 2 rings (SSSR count).